The molecule has 4 N–H and O–H groups in total. The summed E-state index contributed by atoms with van der Waals surface area (Å²) in [6.07, 6.45) is 1.37. The van der Waals surface area contributed by atoms with Crippen molar-refractivity contribution in [3.8, 4) is 0 Å². The fourth-order valence-electron chi connectivity index (χ4n) is 3.68. The first-order valence-corrected chi connectivity index (χ1v) is 8.79. The number of benzene rings is 1. The number of anilines is 1. The average molecular weight is 356 g/mol. The van der Waals surface area contributed by atoms with Gasteiger partial charge in [-0.1, -0.05) is 0 Å². The van der Waals surface area contributed by atoms with Gasteiger partial charge in [0.15, 0.2) is 0 Å². The van der Waals surface area contributed by atoms with Crippen LogP contribution in [-0.4, -0.2) is 47.7 Å². The van der Waals surface area contributed by atoms with E-state index < -0.39 is 23.8 Å². The van der Waals surface area contributed by atoms with Crippen LogP contribution in [0.25, 0.3) is 0 Å². The molecule has 0 aromatic heterocycles. The Kier molecular flexibility index (Phi) is 3.99. The van der Waals surface area contributed by atoms with Crippen molar-refractivity contribution in [3.05, 3.63) is 29.3 Å². The van der Waals surface area contributed by atoms with E-state index in [9.17, 15) is 19.2 Å². The number of amides is 4. The topological polar surface area (TPSA) is 122 Å². The van der Waals surface area contributed by atoms with Gasteiger partial charge in [0.1, 0.15) is 6.04 Å². The Morgan fingerprint density at radius 3 is 2.58 bits per heavy atom. The van der Waals surface area contributed by atoms with E-state index in [0.29, 0.717) is 18.4 Å². The number of nitrogens with one attached hydrogen (secondary N) is 2. The van der Waals surface area contributed by atoms with Crippen molar-refractivity contribution in [1.29, 1.82) is 0 Å². The van der Waals surface area contributed by atoms with Crippen molar-refractivity contribution < 1.29 is 19.2 Å². The monoisotopic (exact) mass is 356 g/mol. The third-order valence-electron chi connectivity index (χ3n) is 5.38. The number of nitrogens with two attached hydrogens (primary N) is 1. The summed E-state index contributed by atoms with van der Waals surface area (Å²) in [4.78, 5) is 49.7. The van der Waals surface area contributed by atoms with Crippen LogP contribution in [-0.2, 0) is 9.59 Å². The molecule has 8 nitrogen and oxygen atoms in total. The van der Waals surface area contributed by atoms with Crippen LogP contribution >= 0.6 is 0 Å². The highest BCUT2D eigenvalue weighted by atomic mass is 16.2. The Labute approximate surface area is 150 Å². The van der Waals surface area contributed by atoms with Gasteiger partial charge < -0.3 is 11.1 Å². The highest BCUT2D eigenvalue weighted by Crippen LogP contribution is 2.37. The first kappa shape index (κ1) is 16.7. The molecule has 3 unspecified atom stereocenters. The first-order chi connectivity index (χ1) is 12.5. The fourth-order valence-corrected chi connectivity index (χ4v) is 3.68. The molecule has 2 heterocycles. The summed E-state index contributed by atoms with van der Waals surface area (Å²) in [6, 6.07) is 4.09. The molecule has 2 aliphatic heterocycles. The molecule has 136 valence electrons. The summed E-state index contributed by atoms with van der Waals surface area (Å²) >= 11 is 0. The van der Waals surface area contributed by atoms with Gasteiger partial charge in [-0.15, -0.1) is 0 Å². The molecular formula is C18H20N4O4. The number of imide groups is 2. The Morgan fingerprint density at radius 2 is 1.88 bits per heavy atom. The molecule has 3 aliphatic rings. The summed E-state index contributed by atoms with van der Waals surface area (Å²) < 4.78 is 0. The molecule has 4 rings (SSSR count). The largest absolute Gasteiger partial charge is 0.385 e. The summed E-state index contributed by atoms with van der Waals surface area (Å²) in [5.41, 5.74) is 6.98. The Balaban J connectivity index is 1.51. The maximum atomic E-state index is 12.7. The zero-order valence-corrected chi connectivity index (χ0v) is 14.2. The van der Waals surface area contributed by atoms with Crippen molar-refractivity contribution in [2.45, 2.75) is 25.3 Å². The Hall–Kier alpha value is -2.74. The number of carbonyl (C=O) groups excluding carboxylic acids is 4. The van der Waals surface area contributed by atoms with Gasteiger partial charge >= 0.3 is 0 Å². The molecule has 0 radical (unpaired) electrons. The highest BCUT2D eigenvalue weighted by Gasteiger charge is 2.44. The molecule has 0 bridgehead atoms. The smallest absolute Gasteiger partial charge is 0.262 e. The van der Waals surface area contributed by atoms with E-state index in [0.717, 1.165) is 23.6 Å². The number of nitrogens with zero attached hydrogens (tertiary/aromatic N) is 1. The van der Waals surface area contributed by atoms with Gasteiger partial charge in [-0.25, -0.2) is 0 Å². The lowest BCUT2D eigenvalue weighted by Crippen LogP contribution is -2.54. The summed E-state index contributed by atoms with van der Waals surface area (Å²) in [7, 11) is 0. The lowest BCUT2D eigenvalue weighted by atomic mass is 10.0. The summed E-state index contributed by atoms with van der Waals surface area (Å²) in [6.45, 7) is 1.46. The third kappa shape index (κ3) is 2.76. The van der Waals surface area contributed by atoms with E-state index >= 15 is 0 Å². The Bertz CT molecular complexity index is 821. The van der Waals surface area contributed by atoms with E-state index in [1.807, 2.05) is 0 Å². The van der Waals surface area contributed by atoms with Crippen molar-refractivity contribution >= 4 is 29.3 Å². The van der Waals surface area contributed by atoms with E-state index in [-0.39, 0.29) is 29.9 Å². The molecule has 26 heavy (non-hydrogen) atoms. The van der Waals surface area contributed by atoms with Gasteiger partial charge in [0.05, 0.1) is 11.1 Å². The minimum absolute atomic E-state index is 0.111. The first-order valence-electron chi connectivity index (χ1n) is 8.79. The molecule has 0 spiro atoms. The lowest BCUT2D eigenvalue weighted by molar-refractivity contribution is -0.136. The van der Waals surface area contributed by atoms with Crippen molar-refractivity contribution in [2.24, 2.45) is 17.6 Å². The maximum Gasteiger partial charge on any atom is 0.262 e. The van der Waals surface area contributed by atoms with E-state index in [2.05, 4.69) is 10.6 Å². The zero-order chi connectivity index (χ0) is 18.4. The molecule has 8 heteroatoms. The zero-order valence-electron chi connectivity index (χ0n) is 14.2. The number of rotatable bonds is 5. The predicted molar refractivity (Wildman–Crippen MR) is 92.3 cm³/mol. The number of carbonyl (C=O) groups is 4. The van der Waals surface area contributed by atoms with Crippen molar-refractivity contribution in [3.63, 3.8) is 0 Å². The summed E-state index contributed by atoms with van der Waals surface area (Å²) in [5, 5.41) is 5.47. The van der Waals surface area contributed by atoms with Gasteiger partial charge in [-0.2, -0.15) is 0 Å². The van der Waals surface area contributed by atoms with E-state index in [4.69, 9.17) is 5.73 Å². The second kappa shape index (κ2) is 6.21. The van der Waals surface area contributed by atoms with Crippen LogP contribution in [0.2, 0.25) is 0 Å². The maximum absolute atomic E-state index is 12.7. The van der Waals surface area contributed by atoms with Crippen LogP contribution in [0.3, 0.4) is 0 Å². The second-order valence-corrected chi connectivity index (χ2v) is 7.08. The molecule has 1 aliphatic carbocycles. The molecule has 1 aromatic rings. The van der Waals surface area contributed by atoms with Crippen molar-refractivity contribution in [1.82, 2.24) is 10.2 Å². The standard InChI is InChI=1S/C18H20N4O4/c19-7-9-5-10(9)8-20-11-1-2-12-13(6-11)18(26)22(17(12)25)14-3-4-15(23)21-16(14)24/h1-2,6,9-10,14,20H,3-5,7-8,19H2,(H,21,23,24). The molecular weight excluding hydrogens is 336 g/mol. The molecule has 1 saturated carbocycles. The van der Waals surface area contributed by atoms with E-state index in [1.54, 1.807) is 18.2 Å². The summed E-state index contributed by atoms with van der Waals surface area (Å²) in [5.74, 6) is -0.861. The average Bonchev–Trinajstić information content (AvgIpc) is 3.35. The SMILES string of the molecule is NCC1CC1CNc1ccc2c(c1)C(=O)N(C1CCC(=O)NC1=O)C2=O. The van der Waals surface area contributed by atoms with Crippen LogP contribution in [0.4, 0.5) is 5.69 Å². The molecule has 1 aromatic carbocycles. The minimum Gasteiger partial charge on any atom is -0.385 e. The normalized spacial score (nSPS) is 27.4. The van der Waals surface area contributed by atoms with Crippen LogP contribution < -0.4 is 16.4 Å². The van der Waals surface area contributed by atoms with Gasteiger partial charge in [0.25, 0.3) is 11.8 Å². The lowest BCUT2D eigenvalue weighted by Gasteiger charge is -2.27. The Morgan fingerprint density at radius 1 is 1.12 bits per heavy atom. The van der Waals surface area contributed by atoms with Crippen LogP contribution in [0.5, 0.6) is 0 Å². The predicted octanol–water partition coefficient (Wildman–Crippen LogP) is 0.0945. The van der Waals surface area contributed by atoms with Crippen molar-refractivity contribution in [2.75, 3.05) is 18.4 Å². The third-order valence-corrected chi connectivity index (χ3v) is 5.38. The van der Waals surface area contributed by atoms with Gasteiger partial charge in [0, 0.05) is 18.7 Å². The van der Waals surface area contributed by atoms with Gasteiger partial charge in [-0.05, 0) is 49.4 Å². The number of piperidine rings is 1. The highest BCUT2D eigenvalue weighted by molar-refractivity contribution is 6.23. The van der Waals surface area contributed by atoms with E-state index in [1.165, 1.54) is 0 Å². The van der Waals surface area contributed by atoms with Crippen LogP contribution in [0.1, 0.15) is 40.0 Å². The quantitative estimate of drug-likeness (QED) is 0.643. The molecule has 3 atom stereocenters. The van der Waals surface area contributed by atoms with Gasteiger partial charge in [-0.3, -0.25) is 29.4 Å². The second-order valence-electron chi connectivity index (χ2n) is 7.08. The number of hydrogen-bond donors (Lipinski definition) is 3. The van der Waals surface area contributed by atoms with Crippen LogP contribution in [0, 0.1) is 11.8 Å². The minimum atomic E-state index is -0.937. The van der Waals surface area contributed by atoms with Crippen LogP contribution in [0.15, 0.2) is 18.2 Å². The number of fused-ring (bicyclic) bond motifs is 1. The number of hydrogen-bond acceptors (Lipinski definition) is 6. The van der Waals surface area contributed by atoms with Gasteiger partial charge in [0.2, 0.25) is 11.8 Å². The molecule has 1 saturated heterocycles. The molecule has 4 amide bonds. The fraction of sp³-hybridized carbons (Fsp3) is 0.444. The molecule has 2 fully saturated rings.